The molecule has 2 aromatic rings. The van der Waals surface area contributed by atoms with Gasteiger partial charge in [0.2, 0.25) is 0 Å². The topological polar surface area (TPSA) is 66.9 Å². The van der Waals surface area contributed by atoms with Crippen LogP contribution in [0.3, 0.4) is 0 Å². The van der Waals surface area contributed by atoms with E-state index in [1.54, 1.807) is 17.5 Å². The maximum absolute atomic E-state index is 12.6. The van der Waals surface area contributed by atoms with E-state index in [0.29, 0.717) is 30.4 Å². The van der Waals surface area contributed by atoms with Gasteiger partial charge in [0.05, 0.1) is 7.11 Å². The van der Waals surface area contributed by atoms with Gasteiger partial charge in [0.25, 0.3) is 10.0 Å². The summed E-state index contributed by atoms with van der Waals surface area (Å²) in [5, 5.41) is 1.76. The zero-order chi connectivity index (χ0) is 17.9. The van der Waals surface area contributed by atoms with E-state index in [4.69, 9.17) is 4.74 Å². The van der Waals surface area contributed by atoms with Crippen molar-refractivity contribution in [3.05, 3.63) is 53.4 Å². The minimum atomic E-state index is -3.45. The fourth-order valence-corrected chi connectivity index (χ4v) is 5.55. The van der Waals surface area contributed by atoms with E-state index in [1.165, 1.54) is 22.8 Å². The highest BCUT2D eigenvalue weighted by atomic mass is 32.2. The second kappa shape index (κ2) is 7.65. The van der Waals surface area contributed by atoms with Crippen molar-refractivity contribution in [2.24, 2.45) is 0 Å². The monoisotopic (exact) mass is 380 g/mol. The number of nitrogens with zero attached hydrogens (tertiary/aromatic N) is 2. The van der Waals surface area contributed by atoms with E-state index in [2.05, 4.69) is 0 Å². The average molecular weight is 380 g/mol. The minimum absolute atomic E-state index is 0.333. The summed E-state index contributed by atoms with van der Waals surface area (Å²) in [5.74, 6) is -0.333. The van der Waals surface area contributed by atoms with Crippen molar-refractivity contribution in [3.8, 4) is 0 Å². The minimum Gasteiger partial charge on any atom is -0.468 e. The van der Waals surface area contributed by atoms with Gasteiger partial charge < -0.3 is 4.74 Å². The molecule has 3 rings (SSSR count). The van der Waals surface area contributed by atoms with Crippen LogP contribution in [0.25, 0.3) is 0 Å². The Bertz CT molecular complexity index is 798. The second-order valence-electron chi connectivity index (χ2n) is 5.71. The van der Waals surface area contributed by atoms with Crippen LogP contribution >= 0.6 is 11.3 Å². The summed E-state index contributed by atoms with van der Waals surface area (Å²) < 4.78 is 32.0. The van der Waals surface area contributed by atoms with E-state index in [9.17, 15) is 13.2 Å². The van der Waals surface area contributed by atoms with Crippen molar-refractivity contribution in [2.75, 3.05) is 33.3 Å². The van der Waals surface area contributed by atoms with Crippen LogP contribution < -0.4 is 0 Å². The molecule has 1 atom stereocenters. The Balaban J connectivity index is 1.75. The molecule has 1 fully saturated rings. The molecule has 0 aliphatic carbocycles. The van der Waals surface area contributed by atoms with Crippen molar-refractivity contribution in [1.29, 1.82) is 0 Å². The highest BCUT2D eigenvalue weighted by Gasteiger charge is 2.35. The van der Waals surface area contributed by atoms with E-state index >= 15 is 0 Å². The highest BCUT2D eigenvalue weighted by Crippen LogP contribution is 2.26. The normalized spacial score (nSPS) is 18.0. The molecule has 0 N–H and O–H groups in total. The first-order chi connectivity index (χ1) is 12.0. The number of sulfonamides is 1. The zero-order valence-corrected chi connectivity index (χ0v) is 15.5. The quantitative estimate of drug-likeness (QED) is 0.742. The number of hydrogen-bond acceptors (Lipinski definition) is 6. The Morgan fingerprint density at radius 1 is 1.08 bits per heavy atom. The van der Waals surface area contributed by atoms with Crippen molar-refractivity contribution in [3.63, 3.8) is 0 Å². The Kier molecular flexibility index (Phi) is 5.53. The number of methoxy groups -OCH3 is 1. The fraction of sp³-hybridized carbons (Fsp3) is 0.353. The Hall–Kier alpha value is -1.74. The van der Waals surface area contributed by atoms with Crippen molar-refractivity contribution in [1.82, 2.24) is 9.21 Å². The lowest BCUT2D eigenvalue weighted by Gasteiger charge is -2.37. The summed E-state index contributed by atoms with van der Waals surface area (Å²) in [4.78, 5) is 14.3. The van der Waals surface area contributed by atoms with Crippen LogP contribution in [0.1, 0.15) is 11.6 Å². The van der Waals surface area contributed by atoms with Crippen LogP contribution in [0.4, 0.5) is 0 Å². The maximum atomic E-state index is 12.6. The second-order valence-corrected chi connectivity index (χ2v) is 8.82. The van der Waals surface area contributed by atoms with E-state index < -0.39 is 16.1 Å². The van der Waals surface area contributed by atoms with Gasteiger partial charge in [0, 0.05) is 26.2 Å². The van der Waals surface area contributed by atoms with Crippen LogP contribution in [0.15, 0.2) is 52.1 Å². The van der Waals surface area contributed by atoms with Crippen LogP contribution in [0, 0.1) is 0 Å². The molecule has 0 saturated carbocycles. The number of rotatable bonds is 5. The molecule has 0 amide bonds. The maximum Gasteiger partial charge on any atom is 0.327 e. The first-order valence-electron chi connectivity index (χ1n) is 7.94. The van der Waals surface area contributed by atoms with Gasteiger partial charge >= 0.3 is 5.97 Å². The van der Waals surface area contributed by atoms with Gasteiger partial charge in [-0.05, 0) is 17.0 Å². The van der Waals surface area contributed by atoms with Crippen molar-refractivity contribution >= 4 is 27.3 Å². The zero-order valence-electron chi connectivity index (χ0n) is 13.9. The van der Waals surface area contributed by atoms with E-state index in [0.717, 1.165) is 5.56 Å². The Morgan fingerprint density at radius 2 is 1.76 bits per heavy atom. The Labute approximate surface area is 151 Å². The molecule has 1 aliphatic rings. The van der Waals surface area contributed by atoms with Crippen LogP contribution in [0.2, 0.25) is 0 Å². The number of carbonyl (C=O) groups is 1. The molecule has 1 aliphatic heterocycles. The summed E-state index contributed by atoms with van der Waals surface area (Å²) >= 11 is 1.22. The first kappa shape index (κ1) is 18.1. The lowest BCUT2D eigenvalue weighted by molar-refractivity contribution is -0.147. The predicted molar refractivity (Wildman–Crippen MR) is 95.8 cm³/mol. The number of carbonyl (C=O) groups excluding carboxylic acids is 1. The molecular formula is C17H20N2O4S2. The van der Waals surface area contributed by atoms with Crippen molar-refractivity contribution < 1.29 is 17.9 Å². The van der Waals surface area contributed by atoms with Gasteiger partial charge in [-0.25, -0.2) is 13.2 Å². The number of thiophene rings is 1. The number of ether oxygens (including phenoxy) is 1. The molecule has 1 saturated heterocycles. The molecule has 134 valence electrons. The third kappa shape index (κ3) is 3.77. The molecule has 0 spiro atoms. The van der Waals surface area contributed by atoms with Crippen LogP contribution in [-0.4, -0.2) is 56.9 Å². The molecule has 2 heterocycles. The van der Waals surface area contributed by atoms with Gasteiger partial charge in [0.1, 0.15) is 10.3 Å². The lowest BCUT2D eigenvalue weighted by atomic mass is 10.0. The molecule has 1 aromatic carbocycles. The van der Waals surface area contributed by atoms with Gasteiger partial charge in [0.15, 0.2) is 0 Å². The standard InChI is InChI=1S/C17H20N2O4S2/c1-23-17(20)16(14-6-3-2-4-7-14)18-9-11-19(12-10-18)25(21,22)15-8-5-13-24-15/h2-8,13,16H,9-12H2,1H3/t16-/m1/s1. The third-order valence-electron chi connectivity index (χ3n) is 4.27. The molecular weight excluding hydrogens is 360 g/mol. The first-order valence-corrected chi connectivity index (χ1v) is 10.3. The SMILES string of the molecule is COC(=O)[C@@H](c1ccccc1)N1CCN(S(=O)(=O)c2cccs2)CC1. The molecule has 1 aromatic heterocycles. The predicted octanol–water partition coefficient (Wildman–Crippen LogP) is 1.97. The summed E-state index contributed by atoms with van der Waals surface area (Å²) in [5.41, 5.74) is 0.851. The molecule has 25 heavy (non-hydrogen) atoms. The Morgan fingerprint density at radius 3 is 2.32 bits per heavy atom. The van der Waals surface area contributed by atoms with Crippen molar-refractivity contribution in [2.45, 2.75) is 10.3 Å². The molecule has 0 radical (unpaired) electrons. The smallest absolute Gasteiger partial charge is 0.327 e. The molecule has 8 heteroatoms. The number of piperazine rings is 1. The summed E-state index contributed by atoms with van der Waals surface area (Å²) in [7, 11) is -2.08. The van der Waals surface area contributed by atoms with Gasteiger partial charge in [-0.2, -0.15) is 4.31 Å². The number of benzene rings is 1. The van der Waals surface area contributed by atoms with Crippen LogP contribution in [0.5, 0.6) is 0 Å². The van der Waals surface area contributed by atoms with E-state index in [-0.39, 0.29) is 5.97 Å². The fourth-order valence-electron chi connectivity index (χ4n) is 2.98. The summed E-state index contributed by atoms with van der Waals surface area (Å²) in [6.45, 7) is 1.64. The van der Waals surface area contributed by atoms with Crippen LogP contribution in [-0.2, 0) is 19.6 Å². The van der Waals surface area contributed by atoms with E-state index in [1.807, 2.05) is 35.2 Å². The number of hydrogen-bond donors (Lipinski definition) is 0. The van der Waals surface area contributed by atoms with Gasteiger partial charge in [-0.15, -0.1) is 11.3 Å². The molecule has 6 nitrogen and oxygen atoms in total. The lowest BCUT2D eigenvalue weighted by Crippen LogP contribution is -2.50. The number of esters is 1. The van der Waals surface area contributed by atoms with Gasteiger partial charge in [-0.3, -0.25) is 4.90 Å². The average Bonchev–Trinajstić information content (AvgIpc) is 3.19. The summed E-state index contributed by atoms with van der Waals surface area (Å²) in [6.07, 6.45) is 0. The molecule has 0 unspecified atom stereocenters. The largest absolute Gasteiger partial charge is 0.468 e. The van der Waals surface area contributed by atoms with Gasteiger partial charge in [-0.1, -0.05) is 36.4 Å². The molecule has 0 bridgehead atoms. The third-order valence-corrected chi connectivity index (χ3v) is 7.54. The summed E-state index contributed by atoms with van der Waals surface area (Å²) in [6, 6.07) is 12.3. The highest BCUT2D eigenvalue weighted by molar-refractivity contribution is 7.91.